The second-order valence-electron chi connectivity index (χ2n) is 4.41. The summed E-state index contributed by atoms with van der Waals surface area (Å²) in [4.78, 5) is 0. The molecule has 0 atom stereocenters. The Hall–Kier alpha value is -0.540. The lowest BCUT2D eigenvalue weighted by molar-refractivity contribution is -0.00148. The van der Waals surface area contributed by atoms with Gasteiger partial charge >= 0.3 is 0 Å². The maximum Gasteiger partial charge on any atom is 0.133 e. The molecule has 0 spiro atoms. The van der Waals surface area contributed by atoms with Crippen LogP contribution in [0.4, 0.5) is 0 Å². The van der Waals surface area contributed by atoms with Crippen LogP contribution in [0.3, 0.4) is 0 Å². The van der Waals surface area contributed by atoms with Gasteiger partial charge in [0, 0.05) is 5.56 Å². The number of methoxy groups -OCH3 is 1. The SMILES string of the molecule is COc1cccc(C2(O)CCCCC2)c1Br. The molecule has 0 radical (unpaired) electrons. The van der Waals surface area contributed by atoms with Gasteiger partial charge in [-0.05, 0) is 34.8 Å². The van der Waals surface area contributed by atoms with Gasteiger partial charge in [0.25, 0.3) is 0 Å². The van der Waals surface area contributed by atoms with E-state index in [4.69, 9.17) is 4.74 Å². The summed E-state index contributed by atoms with van der Waals surface area (Å²) in [6, 6.07) is 5.82. The number of rotatable bonds is 2. The fraction of sp³-hybridized carbons (Fsp3) is 0.538. The van der Waals surface area contributed by atoms with Crippen molar-refractivity contribution in [2.24, 2.45) is 0 Å². The van der Waals surface area contributed by atoms with Gasteiger partial charge in [-0.25, -0.2) is 0 Å². The van der Waals surface area contributed by atoms with Gasteiger partial charge in [-0.15, -0.1) is 0 Å². The van der Waals surface area contributed by atoms with Crippen molar-refractivity contribution in [3.63, 3.8) is 0 Å². The molecule has 1 aromatic rings. The van der Waals surface area contributed by atoms with Crippen LogP contribution >= 0.6 is 15.9 Å². The van der Waals surface area contributed by atoms with Crippen LogP contribution in [0.15, 0.2) is 22.7 Å². The molecular formula is C13H17BrO2. The quantitative estimate of drug-likeness (QED) is 0.899. The van der Waals surface area contributed by atoms with Crippen LogP contribution in [-0.4, -0.2) is 12.2 Å². The molecule has 0 aromatic heterocycles. The highest BCUT2D eigenvalue weighted by Gasteiger charge is 2.33. The van der Waals surface area contributed by atoms with Crippen LogP contribution in [0.5, 0.6) is 5.75 Å². The van der Waals surface area contributed by atoms with Crippen molar-refractivity contribution in [3.05, 3.63) is 28.2 Å². The second-order valence-corrected chi connectivity index (χ2v) is 5.21. The Balaban J connectivity index is 2.38. The number of ether oxygens (including phenoxy) is 1. The van der Waals surface area contributed by atoms with Crippen LogP contribution in [0, 0.1) is 0 Å². The largest absolute Gasteiger partial charge is 0.496 e. The van der Waals surface area contributed by atoms with E-state index in [1.165, 1.54) is 6.42 Å². The highest BCUT2D eigenvalue weighted by molar-refractivity contribution is 9.10. The minimum atomic E-state index is -0.675. The molecule has 0 amide bonds. The summed E-state index contributed by atoms with van der Waals surface area (Å²) in [5, 5.41) is 10.7. The molecule has 1 aliphatic carbocycles. The zero-order valence-corrected chi connectivity index (χ0v) is 11.1. The molecule has 1 aliphatic rings. The van der Waals surface area contributed by atoms with E-state index in [0.29, 0.717) is 0 Å². The van der Waals surface area contributed by atoms with Crippen molar-refractivity contribution in [1.29, 1.82) is 0 Å². The van der Waals surface area contributed by atoms with E-state index < -0.39 is 5.60 Å². The first-order valence-electron chi connectivity index (χ1n) is 5.73. The summed E-state index contributed by atoms with van der Waals surface area (Å²) >= 11 is 3.53. The number of halogens is 1. The summed E-state index contributed by atoms with van der Waals surface area (Å²) in [5.74, 6) is 0.788. The smallest absolute Gasteiger partial charge is 0.133 e. The summed E-state index contributed by atoms with van der Waals surface area (Å²) in [5.41, 5.74) is 0.289. The third-order valence-corrected chi connectivity index (χ3v) is 4.18. The molecule has 0 unspecified atom stereocenters. The highest BCUT2D eigenvalue weighted by Crippen LogP contribution is 2.42. The Labute approximate surface area is 105 Å². The minimum absolute atomic E-state index is 0.675. The Bertz CT molecular complexity index is 370. The maximum absolute atomic E-state index is 10.7. The maximum atomic E-state index is 10.7. The molecule has 16 heavy (non-hydrogen) atoms. The first kappa shape index (κ1) is 11.9. The van der Waals surface area contributed by atoms with Crippen LogP contribution < -0.4 is 4.74 Å². The van der Waals surface area contributed by atoms with Gasteiger partial charge in [-0.3, -0.25) is 0 Å². The van der Waals surface area contributed by atoms with Gasteiger partial charge in [0.2, 0.25) is 0 Å². The summed E-state index contributed by atoms with van der Waals surface area (Å²) in [6.07, 6.45) is 5.11. The molecule has 1 saturated carbocycles. The molecule has 2 rings (SSSR count). The van der Waals surface area contributed by atoms with Gasteiger partial charge < -0.3 is 9.84 Å². The molecule has 0 aliphatic heterocycles. The van der Waals surface area contributed by atoms with E-state index >= 15 is 0 Å². The van der Waals surface area contributed by atoms with Gasteiger partial charge in [0.05, 0.1) is 17.2 Å². The number of hydrogen-bond acceptors (Lipinski definition) is 2. The average molecular weight is 285 g/mol. The molecule has 3 heteroatoms. The van der Waals surface area contributed by atoms with Crippen molar-refractivity contribution < 1.29 is 9.84 Å². The van der Waals surface area contributed by atoms with E-state index in [1.807, 2.05) is 18.2 Å². The Morgan fingerprint density at radius 3 is 2.56 bits per heavy atom. The van der Waals surface area contributed by atoms with Gasteiger partial charge in [0.15, 0.2) is 0 Å². The van der Waals surface area contributed by atoms with E-state index in [0.717, 1.165) is 41.5 Å². The van der Waals surface area contributed by atoms with Crippen molar-refractivity contribution in [2.75, 3.05) is 7.11 Å². The van der Waals surface area contributed by atoms with Crippen molar-refractivity contribution >= 4 is 15.9 Å². The molecule has 0 bridgehead atoms. The average Bonchev–Trinajstić information content (AvgIpc) is 2.30. The molecule has 0 heterocycles. The third kappa shape index (κ3) is 2.11. The predicted molar refractivity (Wildman–Crippen MR) is 67.7 cm³/mol. The van der Waals surface area contributed by atoms with Gasteiger partial charge in [0.1, 0.15) is 5.75 Å². The molecule has 2 nitrogen and oxygen atoms in total. The van der Waals surface area contributed by atoms with Gasteiger partial charge in [-0.2, -0.15) is 0 Å². The zero-order chi connectivity index (χ0) is 11.6. The molecule has 0 saturated heterocycles. The lowest BCUT2D eigenvalue weighted by atomic mass is 9.80. The van der Waals surface area contributed by atoms with Crippen molar-refractivity contribution in [2.45, 2.75) is 37.7 Å². The van der Waals surface area contributed by atoms with E-state index in [1.54, 1.807) is 7.11 Å². The fourth-order valence-electron chi connectivity index (χ4n) is 2.43. The van der Waals surface area contributed by atoms with Crippen LogP contribution in [-0.2, 0) is 5.60 Å². The number of hydrogen-bond donors (Lipinski definition) is 1. The van der Waals surface area contributed by atoms with Crippen LogP contribution in [0.25, 0.3) is 0 Å². The molecular weight excluding hydrogens is 268 g/mol. The summed E-state index contributed by atoms with van der Waals surface area (Å²) in [6.45, 7) is 0. The monoisotopic (exact) mass is 284 g/mol. The first-order chi connectivity index (χ1) is 7.67. The fourth-order valence-corrected chi connectivity index (χ4v) is 3.23. The topological polar surface area (TPSA) is 29.5 Å². The van der Waals surface area contributed by atoms with Crippen LogP contribution in [0.1, 0.15) is 37.7 Å². The van der Waals surface area contributed by atoms with Gasteiger partial charge in [-0.1, -0.05) is 31.4 Å². The Kier molecular flexibility index (Phi) is 3.55. The standard InChI is InChI=1S/C13H17BrO2/c1-16-11-7-5-6-10(12(11)14)13(15)8-3-2-4-9-13/h5-7,15H,2-4,8-9H2,1H3. The minimum Gasteiger partial charge on any atom is -0.496 e. The first-order valence-corrected chi connectivity index (χ1v) is 6.52. The molecule has 1 N–H and O–H groups in total. The normalized spacial score (nSPS) is 19.4. The van der Waals surface area contributed by atoms with E-state index in [-0.39, 0.29) is 0 Å². The molecule has 88 valence electrons. The van der Waals surface area contributed by atoms with Crippen LogP contribution in [0.2, 0.25) is 0 Å². The summed E-state index contributed by atoms with van der Waals surface area (Å²) < 4.78 is 6.15. The third-order valence-electron chi connectivity index (χ3n) is 3.37. The zero-order valence-electron chi connectivity index (χ0n) is 9.50. The number of aliphatic hydroxyl groups is 1. The molecule has 1 aromatic carbocycles. The van der Waals surface area contributed by atoms with Crippen molar-refractivity contribution in [3.8, 4) is 5.75 Å². The Morgan fingerprint density at radius 1 is 1.25 bits per heavy atom. The lowest BCUT2D eigenvalue weighted by Gasteiger charge is -2.33. The Morgan fingerprint density at radius 2 is 1.94 bits per heavy atom. The lowest BCUT2D eigenvalue weighted by Crippen LogP contribution is -2.28. The molecule has 1 fully saturated rings. The van der Waals surface area contributed by atoms with Crippen molar-refractivity contribution in [1.82, 2.24) is 0 Å². The van der Waals surface area contributed by atoms with E-state index in [2.05, 4.69) is 15.9 Å². The van der Waals surface area contributed by atoms with E-state index in [9.17, 15) is 5.11 Å². The predicted octanol–water partition coefficient (Wildman–Crippen LogP) is 3.61. The second kappa shape index (κ2) is 4.76. The highest BCUT2D eigenvalue weighted by atomic mass is 79.9. The summed E-state index contributed by atoms with van der Waals surface area (Å²) in [7, 11) is 1.65. The number of benzene rings is 1.